The van der Waals surface area contributed by atoms with Gasteiger partial charge in [0.1, 0.15) is 11.8 Å². The van der Waals surface area contributed by atoms with Gasteiger partial charge in [-0.15, -0.1) is 23.6 Å². The molecule has 4 heteroatoms. The van der Waals surface area contributed by atoms with Crippen molar-refractivity contribution in [1.82, 2.24) is 9.38 Å². The number of pyridine rings is 1. The Kier molecular flexibility index (Phi) is 4.98. The molecular weight excluding hydrogens is 547 g/mol. The zero-order valence-corrected chi connectivity index (χ0v) is 19.7. The van der Waals surface area contributed by atoms with Gasteiger partial charge in [-0.05, 0) is 38.6 Å². The normalized spacial score (nSPS) is 11.0. The van der Waals surface area contributed by atoms with Gasteiger partial charge in [0.2, 0.25) is 0 Å². The Morgan fingerprint density at radius 2 is 1.70 bits per heavy atom. The molecule has 0 bridgehead atoms. The number of hydrogen-bond donors (Lipinski definition) is 0. The molecule has 0 aliphatic carbocycles. The Morgan fingerprint density at radius 3 is 2.40 bits per heavy atom. The SMILES string of the molecule is Cc1cc(C)c2c(c1)c1cc(-c3c(C)cccc3C)c[c-]c1c1nc(C#N)cn12.[Ir]. The third-order valence-electron chi connectivity index (χ3n) is 5.73. The molecule has 30 heavy (non-hydrogen) atoms. The van der Waals surface area contributed by atoms with Crippen LogP contribution < -0.4 is 0 Å². The fraction of sp³-hybridized carbons (Fsp3) is 0.154. The smallest absolute Gasteiger partial charge is 0.148 e. The van der Waals surface area contributed by atoms with E-state index in [1.54, 1.807) is 0 Å². The summed E-state index contributed by atoms with van der Waals surface area (Å²) < 4.78 is 2.04. The molecule has 0 atom stereocenters. The molecule has 0 N–H and O–H groups in total. The van der Waals surface area contributed by atoms with Crippen molar-refractivity contribution in [2.24, 2.45) is 0 Å². The minimum absolute atomic E-state index is 0. The molecule has 0 spiro atoms. The third kappa shape index (κ3) is 2.94. The van der Waals surface area contributed by atoms with Crippen molar-refractivity contribution < 1.29 is 20.1 Å². The number of nitrogens with zero attached hydrogens (tertiary/aromatic N) is 3. The summed E-state index contributed by atoms with van der Waals surface area (Å²) in [6.45, 7) is 8.54. The summed E-state index contributed by atoms with van der Waals surface area (Å²) in [7, 11) is 0. The van der Waals surface area contributed by atoms with Gasteiger partial charge in [-0.3, -0.25) is 4.98 Å². The maximum absolute atomic E-state index is 9.41. The molecule has 149 valence electrons. The van der Waals surface area contributed by atoms with E-state index in [9.17, 15) is 5.26 Å². The van der Waals surface area contributed by atoms with Gasteiger partial charge >= 0.3 is 0 Å². The van der Waals surface area contributed by atoms with Crippen LogP contribution in [0.2, 0.25) is 0 Å². The second kappa shape index (κ2) is 7.36. The molecule has 0 saturated heterocycles. The monoisotopic (exact) mass is 567 g/mol. The average Bonchev–Trinajstić information content (AvgIpc) is 3.12. The Balaban J connectivity index is 0.00000218. The van der Waals surface area contributed by atoms with Crippen LogP contribution in [0.3, 0.4) is 0 Å². The number of aryl methyl sites for hydroxylation is 4. The van der Waals surface area contributed by atoms with E-state index in [2.05, 4.69) is 81.2 Å². The number of fused-ring (bicyclic) bond motifs is 6. The van der Waals surface area contributed by atoms with Crippen LogP contribution in [0.15, 0.2) is 48.7 Å². The molecule has 3 aromatic carbocycles. The van der Waals surface area contributed by atoms with Crippen LogP contribution in [0.1, 0.15) is 27.9 Å². The summed E-state index contributed by atoms with van der Waals surface area (Å²) in [5.41, 5.74) is 9.61. The first-order chi connectivity index (χ1) is 14.0. The van der Waals surface area contributed by atoms with E-state index in [1.807, 2.05) is 16.7 Å². The Bertz CT molecular complexity index is 1480. The van der Waals surface area contributed by atoms with E-state index < -0.39 is 0 Å². The second-order valence-corrected chi connectivity index (χ2v) is 7.85. The third-order valence-corrected chi connectivity index (χ3v) is 5.73. The Labute approximate surface area is 189 Å². The van der Waals surface area contributed by atoms with Crippen LogP contribution >= 0.6 is 0 Å². The summed E-state index contributed by atoms with van der Waals surface area (Å²) in [5, 5.41) is 12.6. The van der Waals surface area contributed by atoms with Crippen LogP contribution in [0.25, 0.3) is 38.4 Å². The zero-order valence-electron chi connectivity index (χ0n) is 17.3. The fourth-order valence-corrected chi connectivity index (χ4v) is 4.57. The first-order valence-corrected chi connectivity index (χ1v) is 9.72. The van der Waals surface area contributed by atoms with Crippen molar-refractivity contribution in [2.75, 3.05) is 0 Å². The van der Waals surface area contributed by atoms with Gasteiger partial charge in [0.15, 0.2) is 0 Å². The number of nitriles is 1. The fourth-order valence-electron chi connectivity index (χ4n) is 4.57. The molecule has 5 rings (SSSR count). The summed E-state index contributed by atoms with van der Waals surface area (Å²) in [4.78, 5) is 4.58. The van der Waals surface area contributed by atoms with Crippen molar-refractivity contribution in [3.05, 3.63) is 82.7 Å². The molecular formula is C26H20IrN3-. The predicted molar refractivity (Wildman–Crippen MR) is 118 cm³/mol. The van der Waals surface area contributed by atoms with Gasteiger partial charge in [-0.2, -0.15) is 5.26 Å². The van der Waals surface area contributed by atoms with Gasteiger partial charge in [-0.1, -0.05) is 63.5 Å². The van der Waals surface area contributed by atoms with Gasteiger partial charge in [-0.25, -0.2) is 0 Å². The number of imidazole rings is 1. The van der Waals surface area contributed by atoms with Crippen molar-refractivity contribution >= 4 is 27.3 Å². The van der Waals surface area contributed by atoms with Crippen LogP contribution in [-0.4, -0.2) is 9.38 Å². The van der Waals surface area contributed by atoms with E-state index in [0.29, 0.717) is 5.69 Å². The number of aromatic nitrogens is 2. The molecule has 1 radical (unpaired) electrons. The molecule has 0 aliphatic rings. The van der Waals surface area contributed by atoms with Crippen molar-refractivity contribution in [3.63, 3.8) is 0 Å². The number of hydrogen-bond acceptors (Lipinski definition) is 2. The van der Waals surface area contributed by atoms with Crippen LogP contribution in [0, 0.1) is 45.1 Å². The molecule has 3 nitrogen and oxygen atoms in total. The molecule has 0 aliphatic heterocycles. The Hall–Kier alpha value is -2.99. The van der Waals surface area contributed by atoms with Gasteiger partial charge < -0.3 is 4.40 Å². The summed E-state index contributed by atoms with van der Waals surface area (Å²) in [5.74, 6) is 0. The summed E-state index contributed by atoms with van der Waals surface area (Å²) in [6, 6.07) is 20.8. The largest absolute Gasteiger partial charge is 0.339 e. The number of benzene rings is 3. The van der Waals surface area contributed by atoms with E-state index in [4.69, 9.17) is 0 Å². The molecule has 0 saturated carbocycles. The van der Waals surface area contributed by atoms with E-state index in [0.717, 1.165) is 32.9 Å². The first kappa shape index (κ1) is 20.3. The second-order valence-electron chi connectivity index (χ2n) is 7.85. The molecule has 0 unspecified atom stereocenters. The zero-order chi connectivity index (χ0) is 20.3. The topological polar surface area (TPSA) is 41.1 Å². The van der Waals surface area contributed by atoms with Crippen molar-refractivity contribution in [2.45, 2.75) is 27.7 Å². The standard InChI is InChI=1S/C26H20N3.Ir/c1-15-10-18(4)25-23(11-15)22-12-19(24-16(2)6-5-7-17(24)3)8-9-21(22)26-28-20(13-27)14-29(25)26;/h5-8,10-12,14H,1-4H3;/q-1;. The summed E-state index contributed by atoms with van der Waals surface area (Å²) in [6.07, 6.45) is 1.83. The maximum atomic E-state index is 9.41. The van der Waals surface area contributed by atoms with E-state index >= 15 is 0 Å². The van der Waals surface area contributed by atoms with Gasteiger partial charge in [0.05, 0.1) is 5.65 Å². The Morgan fingerprint density at radius 1 is 0.967 bits per heavy atom. The van der Waals surface area contributed by atoms with Gasteiger partial charge in [0.25, 0.3) is 0 Å². The predicted octanol–water partition coefficient (Wildman–Crippen LogP) is 6.21. The van der Waals surface area contributed by atoms with Crippen LogP contribution in [0.4, 0.5) is 0 Å². The van der Waals surface area contributed by atoms with Crippen LogP contribution in [0.5, 0.6) is 0 Å². The van der Waals surface area contributed by atoms with E-state index in [1.165, 1.54) is 27.8 Å². The van der Waals surface area contributed by atoms with Crippen LogP contribution in [-0.2, 0) is 20.1 Å². The molecule has 5 aromatic rings. The van der Waals surface area contributed by atoms with Crippen molar-refractivity contribution in [3.8, 4) is 17.2 Å². The van der Waals surface area contributed by atoms with Crippen molar-refractivity contribution in [1.29, 1.82) is 5.26 Å². The maximum Gasteiger partial charge on any atom is 0.148 e. The minimum atomic E-state index is 0. The molecule has 2 heterocycles. The minimum Gasteiger partial charge on any atom is -0.339 e. The van der Waals surface area contributed by atoms with Gasteiger partial charge in [0, 0.05) is 31.8 Å². The van der Waals surface area contributed by atoms with E-state index in [-0.39, 0.29) is 20.1 Å². The molecule has 0 amide bonds. The molecule has 2 aromatic heterocycles. The molecule has 0 fully saturated rings. The summed E-state index contributed by atoms with van der Waals surface area (Å²) >= 11 is 0. The number of rotatable bonds is 1. The quantitative estimate of drug-likeness (QED) is 0.179. The average molecular weight is 567 g/mol. The first-order valence-electron chi connectivity index (χ1n) is 9.72.